The first-order valence-electron chi connectivity index (χ1n) is 10.1. The number of aromatic nitrogens is 4. The standard InChI is InChI=1S/C22H21F6N5OS/c1-6-35-15-9-13(31(3)8-7-12(2)21(23,24)25)11-29-17(15)19-30-14-10-16(22(26,27)28)32(4)20(34)18(14)33(19)5/h7-11H,2,6H2,1,3-5H3/b8-7-. The monoisotopic (exact) mass is 517 g/mol. The first kappa shape index (κ1) is 26.4. The van der Waals surface area contributed by atoms with Crippen LogP contribution in [0.15, 0.2) is 52.4 Å². The van der Waals surface area contributed by atoms with Gasteiger partial charge in [-0.2, -0.15) is 26.3 Å². The quantitative estimate of drug-likeness (QED) is 0.244. The fourth-order valence-electron chi connectivity index (χ4n) is 3.29. The lowest BCUT2D eigenvalue weighted by Gasteiger charge is -2.17. The van der Waals surface area contributed by atoms with Crippen molar-refractivity contribution < 1.29 is 26.3 Å². The van der Waals surface area contributed by atoms with Gasteiger partial charge in [-0.3, -0.25) is 4.79 Å². The number of halogens is 6. The summed E-state index contributed by atoms with van der Waals surface area (Å²) in [6.07, 6.45) is -5.86. The molecule has 35 heavy (non-hydrogen) atoms. The van der Waals surface area contributed by atoms with Crippen LogP contribution in [0.2, 0.25) is 0 Å². The molecule has 0 fully saturated rings. The molecule has 0 amide bonds. The number of hydrogen-bond acceptors (Lipinski definition) is 5. The van der Waals surface area contributed by atoms with Gasteiger partial charge in [-0.1, -0.05) is 13.5 Å². The molecule has 0 aliphatic rings. The van der Waals surface area contributed by atoms with E-state index in [9.17, 15) is 31.1 Å². The summed E-state index contributed by atoms with van der Waals surface area (Å²) in [4.78, 5) is 23.4. The fraction of sp³-hybridized carbons (Fsp3) is 0.318. The maximum atomic E-state index is 13.4. The Labute approximate surface area is 200 Å². The number of rotatable bonds is 6. The Morgan fingerprint density at radius 1 is 1.17 bits per heavy atom. The van der Waals surface area contributed by atoms with Gasteiger partial charge in [-0.25, -0.2) is 9.97 Å². The highest BCUT2D eigenvalue weighted by Gasteiger charge is 2.35. The van der Waals surface area contributed by atoms with Crippen molar-refractivity contribution in [2.75, 3.05) is 17.7 Å². The Hall–Kier alpha value is -3.22. The number of allylic oxidation sites excluding steroid dienone is 2. The number of nitrogens with zero attached hydrogens (tertiary/aromatic N) is 5. The lowest BCUT2D eigenvalue weighted by Crippen LogP contribution is -2.26. The summed E-state index contributed by atoms with van der Waals surface area (Å²) < 4.78 is 80.1. The lowest BCUT2D eigenvalue weighted by molar-refractivity contribution is -0.143. The zero-order valence-electron chi connectivity index (χ0n) is 19.1. The van der Waals surface area contributed by atoms with Crippen molar-refractivity contribution in [2.45, 2.75) is 24.2 Å². The summed E-state index contributed by atoms with van der Waals surface area (Å²) in [7, 11) is 4.08. The van der Waals surface area contributed by atoms with E-state index in [0.717, 1.165) is 19.2 Å². The Morgan fingerprint density at radius 2 is 1.83 bits per heavy atom. The molecule has 0 unspecified atom stereocenters. The summed E-state index contributed by atoms with van der Waals surface area (Å²) in [6.45, 7) is 4.86. The molecule has 0 aromatic carbocycles. The summed E-state index contributed by atoms with van der Waals surface area (Å²) in [5.41, 5.74) is -2.35. The van der Waals surface area contributed by atoms with E-state index < -0.39 is 29.2 Å². The molecular formula is C22H21F6N5OS. The van der Waals surface area contributed by atoms with E-state index in [-0.39, 0.29) is 16.9 Å². The van der Waals surface area contributed by atoms with Crippen molar-refractivity contribution in [3.63, 3.8) is 0 Å². The van der Waals surface area contributed by atoms with E-state index in [4.69, 9.17) is 0 Å². The van der Waals surface area contributed by atoms with Gasteiger partial charge < -0.3 is 14.0 Å². The zero-order valence-corrected chi connectivity index (χ0v) is 19.9. The molecule has 188 valence electrons. The van der Waals surface area contributed by atoms with Crippen molar-refractivity contribution in [1.29, 1.82) is 0 Å². The van der Waals surface area contributed by atoms with Crippen molar-refractivity contribution >= 4 is 28.5 Å². The molecule has 0 N–H and O–H groups in total. The van der Waals surface area contributed by atoms with Crippen LogP contribution in [0, 0.1) is 0 Å². The Morgan fingerprint density at radius 3 is 2.40 bits per heavy atom. The Balaban J connectivity index is 2.11. The number of alkyl halides is 6. The van der Waals surface area contributed by atoms with Gasteiger partial charge in [0.25, 0.3) is 5.56 Å². The van der Waals surface area contributed by atoms with Crippen LogP contribution in [0.3, 0.4) is 0 Å². The SMILES string of the molecule is C=C(/C=C\N(C)c1cnc(-c2nc3cc(C(F)(F)F)n(C)c(=O)c3n2C)c(SCC)c1)C(F)(F)F. The minimum Gasteiger partial charge on any atom is -0.350 e. The predicted octanol–water partition coefficient (Wildman–Crippen LogP) is 5.53. The van der Waals surface area contributed by atoms with Gasteiger partial charge in [0.15, 0.2) is 5.82 Å². The van der Waals surface area contributed by atoms with Crippen LogP contribution in [0.5, 0.6) is 0 Å². The van der Waals surface area contributed by atoms with Gasteiger partial charge in [0.2, 0.25) is 0 Å². The van der Waals surface area contributed by atoms with Gasteiger partial charge >= 0.3 is 12.4 Å². The summed E-state index contributed by atoms with van der Waals surface area (Å²) >= 11 is 1.36. The molecular weight excluding hydrogens is 496 g/mol. The molecule has 3 heterocycles. The molecule has 0 saturated heterocycles. The molecule has 0 bridgehead atoms. The first-order valence-corrected chi connectivity index (χ1v) is 11.1. The van der Waals surface area contributed by atoms with Crippen LogP contribution in [-0.2, 0) is 20.3 Å². The molecule has 3 aromatic rings. The first-order chi connectivity index (χ1) is 16.2. The number of aryl methyl sites for hydroxylation is 1. The number of anilines is 1. The van der Waals surface area contributed by atoms with Gasteiger partial charge in [0.1, 0.15) is 16.9 Å². The van der Waals surface area contributed by atoms with E-state index in [1.54, 1.807) is 6.07 Å². The van der Waals surface area contributed by atoms with Crippen LogP contribution in [0.1, 0.15) is 12.6 Å². The molecule has 0 radical (unpaired) electrons. The number of fused-ring (bicyclic) bond motifs is 1. The molecule has 0 spiro atoms. The van der Waals surface area contributed by atoms with Crippen LogP contribution >= 0.6 is 11.8 Å². The van der Waals surface area contributed by atoms with E-state index >= 15 is 0 Å². The number of hydrogen-bond donors (Lipinski definition) is 0. The Kier molecular flexibility index (Phi) is 7.12. The van der Waals surface area contributed by atoms with Gasteiger partial charge in [-0.15, -0.1) is 11.8 Å². The third-order valence-corrected chi connectivity index (χ3v) is 6.09. The minimum atomic E-state index is -4.74. The molecule has 0 aliphatic heterocycles. The van der Waals surface area contributed by atoms with Gasteiger partial charge in [0.05, 0.1) is 17.4 Å². The second-order valence-electron chi connectivity index (χ2n) is 7.54. The van der Waals surface area contributed by atoms with Gasteiger partial charge in [0, 0.05) is 37.8 Å². The predicted molar refractivity (Wildman–Crippen MR) is 123 cm³/mol. The largest absolute Gasteiger partial charge is 0.431 e. The number of thioether (sulfide) groups is 1. The maximum Gasteiger partial charge on any atom is 0.431 e. The zero-order chi connectivity index (χ0) is 26.3. The molecule has 13 heteroatoms. The molecule has 0 aliphatic carbocycles. The van der Waals surface area contributed by atoms with E-state index in [1.165, 1.54) is 47.7 Å². The summed E-state index contributed by atoms with van der Waals surface area (Å²) in [5, 5.41) is 0. The second-order valence-corrected chi connectivity index (χ2v) is 8.85. The average Bonchev–Trinajstić information content (AvgIpc) is 3.09. The minimum absolute atomic E-state index is 0.0143. The highest BCUT2D eigenvalue weighted by atomic mass is 32.2. The second kappa shape index (κ2) is 9.44. The third kappa shape index (κ3) is 5.24. The molecule has 3 rings (SSSR count). The maximum absolute atomic E-state index is 13.4. The Bertz CT molecular complexity index is 1370. The van der Waals surface area contributed by atoms with Crippen LogP contribution in [0.25, 0.3) is 22.6 Å². The average molecular weight is 517 g/mol. The van der Waals surface area contributed by atoms with Gasteiger partial charge in [-0.05, 0) is 24.0 Å². The normalized spacial score (nSPS) is 12.6. The summed E-state index contributed by atoms with van der Waals surface area (Å²) in [5.74, 6) is 0.787. The van der Waals surface area contributed by atoms with Crippen molar-refractivity contribution in [3.05, 3.63) is 58.8 Å². The molecule has 3 aromatic heterocycles. The molecule has 6 nitrogen and oxygen atoms in total. The van der Waals surface area contributed by atoms with Crippen molar-refractivity contribution in [2.24, 2.45) is 14.1 Å². The van der Waals surface area contributed by atoms with Crippen molar-refractivity contribution in [3.8, 4) is 11.5 Å². The van der Waals surface area contributed by atoms with Crippen molar-refractivity contribution in [1.82, 2.24) is 19.1 Å². The highest BCUT2D eigenvalue weighted by Crippen LogP contribution is 2.35. The lowest BCUT2D eigenvalue weighted by atomic mass is 10.2. The van der Waals surface area contributed by atoms with E-state index in [2.05, 4.69) is 16.5 Å². The van der Waals surface area contributed by atoms with E-state index in [1.807, 2.05) is 6.92 Å². The topological polar surface area (TPSA) is 56.0 Å². The van der Waals surface area contributed by atoms with Crippen LogP contribution in [0.4, 0.5) is 32.0 Å². The number of imidazole rings is 1. The summed E-state index contributed by atoms with van der Waals surface area (Å²) in [6, 6.07) is 2.49. The number of pyridine rings is 2. The van der Waals surface area contributed by atoms with Crippen LogP contribution in [-0.4, -0.2) is 38.1 Å². The highest BCUT2D eigenvalue weighted by molar-refractivity contribution is 7.99. The fourth-order valence-corrected chi connectivity index (χ4v) is 4.09. The molecule has 0 saturated carbocycles. The van der Waals surface area contributed by atoms with E-state index in [0.29, 0.717) is 26.6 Å². The molecule has 0 atom stereocenters. The smallest absolute Gasteiger partial charge is 0.350 e. The third-order valence-electron chi connectivity index (χ3n) is 5.18. The van der Waals surface area contributed by atoms with Crippen LogP contribution < -0.4 is 10.5 Å².